The van der Waals surface area contributed by atoms with E-state index in [1.807, 2.05) is 31.2 Å². The van der Waals surface area contributed by atoms with Gasteiger partial charge >= 0.3 is 0 Å². The van der Waals surface area contributed by atoms with Crippen molar-refractivity contribution in [2.45, 2.75) is 25.9 Å². The number of amides is 1. The van der Waals surface area contributed by atoms with Crippen molar-refractivity contribution in [2.75, 3.05) is 12.8 Å². The van der Waals surface area contributed by atoms with Gasteiger partial charge in [0.15, 0.2) is 0 Å². The van der Waals surface area contributed by atoms with E-state index in [2.05, 4.69) is 10.4 Å². The zero-order valence-corrected chi connectivity index (χ0v) is 15.4. The number of fused-ring (bicyclic) bond motifs is 1. The van der Waals surface area contributed by atoms with E-state index in [1.165, 1.54) is 4.31 Å². The SMILES string of the molecule is Cc1ccccc1CNC(=O)C1c2cnn(C)c2CCN1S(C)(=O)=O. The summed E-state index contributed by atoms with van der Waals surface area (Å²) in [7, 11) is -1.71. The number of aryl methyl sites for hydroxylation is 2. The monoisotopic (exact) mass is 362 g/mol. The zero-order valence-electron chi connectivity index (χ0n) is 14.6. The summed E-state index contributed by atoms with van der Waals surface area (Å²) in [4.78, 5) is 12.9. The number of hydrogen-bond acceptors (Lipinski definition) is 4. The Kier molecular flexibility index (Phi) is 4.66. The Bertz CT molecular complexity index is 904. The number of rotatable bonds is 4. The zero-order chi connectivity index (χ0) is 18.2. The van der Waals surface area contributed by atoms with E-state index in [9.17, 15) is 13.2 Å². The summed E-state index contributed by atoms with van der Waals surface area (Å²) in [6.07, 6.45) is 3.27. The van der Waals surface area contributed by atoms with Crippen molar-refractivity contribution in [3.05, 3.63) is 52.8 Å². The van der Waals surface area contributed by atoms with Gasteiger partial charge in [-0.25, -0.2) is 8.42 Å². The molecule has 1 aliphatic rings. The van der Waals surface area contributed by atoms with Crippen molar-refractivity contribution < 1.29 is 13.2 Å². The van der Waals surface area contributed by atoms with Crippen molar-refractivity contribution in [1.82, 2.24) is 19.4 Å². The molecule has 1 aromatic heterocycles. The van der Waals surface area contributed by atoms with Gasteiger partial charge in [0, 0.05) is 37.8 Å². The highest BCUT2D eigenvalue weighted by molar-refractivity contribution is 7.88. The van der Waals surface area contributed by atoms with Crippen molar-refractivity contribution in [2.24, 2.45) is 7.05 Å². The van der Waals surface area contributed by atoms with Crippen LogP contribution in [0.2, 0.25) is 0 Å². The van der Waals surface area contributed by atoms with Gasteiger partial charge in [0.1, 0.15) is 6.04 Å². The van der Waals surface area contributed by atoms with Gasteiger partial charge in [-0.05, 0) is 18.1 Å². The maximum absolute atomic E-state index is 12.9. The third-order valence-electron chi connectivity index (χ3n) is 4.63. The van der Waals surface area contributed by atoms with Crippen LogP contribution in [0.25, 0.3) is 0 Å². The maximum Gasteiger partial charge on any atom is 0.243 e. The molecule has 0 fully saturated rings. The van der Waals surface area contributed by atoms with E-state index in [-0.39, 0.29) is 12.5 Å². The van der Waals surface area contributed by atoms with Gasteiger partial charge in [-0.15, -0.1) is 0 Å². The molecule has 8 heteroatoms. The summed E-state index contributed by atoms with van der Waals surface area (Å²) in [6.45, 7) is 2.60. The number of sulfonamides is 1. The molecular formula is C17H22N4O3S. The second-order valence-electron chi connectivity index (χ2n) is 6.34. The maximum atomic E-state index is 12.9. The number of aromatic nitrogens is 2. The number of nitrogens with zero attached hydrogens (tertiary/aromatic N) is 3. The van der Waals surface area contributed by atoms with Gasteiger partial charge in [-0.2, -0.15) is 9.40 Å². The van der Waals surface area contributed by atoms with Crippen molar-refractivity contribution >= 4 is 15.9 Å². The van der Waals surface area contributed by atoms with Crippen LogP contribution in [-0.2, 0) is 34.8 Å². The molecule has 1 aromatic carbocycles. The molecular weight excluding hydrogens is 340 g/mol. The lowest BCUT2D eigenvalue weighted by molar-refractivity contribution is -0.125. The second-order valence-corrected chi connectivity index (χ2v) is 8.28. The normalized spacial score (nSPS) is 18.0. The minimum absolute atomic E-state index is 0.272. The summed E-state index contributed by atoms with van der Waals surface area (Å²) in [5.41, 5.74) is 3.63. The molecule has 1 aliphatic heterocycles. The molecule has 0 radical (unpaired) electrons. The van der Waals surface area contributed by atoms with E-state index in [0.717, 1.165) is 23.1 Å². The van der Waals surface area contributed by atoms with Crippen LogP contribution in [0.5, 0.6) is 0 Å². The molecule has 0 spiro atoms. The largest absolute Gasteiger partial charge is 0.350 e. The minimum atomic E-state index is -3.51. The standard InChI is InChI=1S/C17H22N4O3S/c1-12-6-4-5-7-13(12)10-18-17(22)16-14-11-19-20(2)15(14)8-9-21(16)25(3,23)24/h4-7,11,16H,8-10H2,1-3H3,(H,18,22). The van der Waals surface area contributed by atoms with Crippen LogP contribution < -0.4 is 5.32 Å². The number of carbonyl (C=O) groups excluding carboxylic acids is 1. The fourth-order valence-corrected chi connectivity index (χ4v) is 4.25. The Morgan fingerprint density at radius 1 is 1.36 bits per heavy atom. The van der Waals surface area contributed by atoms with Crippen LogP contribution in [0.15, 0.2) is 30.5 Å². The average molecular weight is 362 g/mol. The Balaban J connectivity index is 1.88. The summed E-state index contributed by atoms with van der Waals surface area (Å²) in [5, 5.41) is 7.07. The van der Waals surface area contributed by atoms with Crippen molar-refractivity contribution in [3.63, 3.8) is 0 Å². The Morgan fingerprint density at radius 3 is 2.76 bits per heavy atom. The molecule has 7 nitrogen and oxygen atoms in total. The lowest BCUT2D eigenvalue weighted by atomic mass is 10.0. The van der Waals surface area contributed by atoms with Gasteiger partial charge in [0.05, 0.1) is 12.5 Å². The van der Waals surface area contributed by atoms with Crippen LogP contribution >= 0.6 is 0 Å². The van der Waals surface area contributed by atoms with E-state index in [1.54, 1.807) is 17.9 Å². The molecule has 0 aliphatic carbocycles. The first-order valence-electron chi connectivity index (χ1n) is 8.09. The smallest absolute Gasteiger partial charge is 0.243 e. The third kappa shape index (κ3) is 3.45. The average Bonchev–Trinajstić information content (AvgIpc) is 2.93. The molecule has 0 saturated heterocycles. The molecule has 2 aromatic rings. The molecule has 1 N–H and O–H groups in total. The predicted molar refractivity (Wildman–Crippen MR) is 94.2 cm³/mol. The fourth-order valence-electron chi connectivity index (χ4n) is 3.23. The van der Waals surface area contributed by atoms with E-state index >= 15 is 0 Å². The molecule has 1 amide bonds. The topological polar surface area (TPSA) is 84.3 Å². The highest BCUT2D eigenvalue weighted by Crippen LogP contribution is 2.31. The first-order valence-corrected chi connectivity index (χ1v) is 9.93. The molecule has 1 unspecified atom stereocenters. The summed E-state index contributed by atoms with van der Waals surface area (Å²) in [6, 6.07) is 6.90. The van der Waals surface area contributed by atoms with Crippen LogP contribution in [0.1, 0.15) is 28.4 Å². The summed E-state index contributed by atoms with van der Waals surface area (Å²) >= 11 is 0. The number of benzene rings is 1. The molecule has 0 saturated carbocycles. The van der Waals surface area contributed by atoms with E-state index in [4.69, 9.17) is 0 Å². The lowest BCUT2D eigenvalue weighted by Gasteiger charge is -2.32. The quantitative estimate of drug-likeness (QED) is 0.876. The minimum Gasteiger partial charge on any atom is -0.350 e. The first-order chi connectivity index (χ1) is 11.8. The number of nitrogens with one attached hydrogen (secondary N) is 1. The Hall–Kier alpha value is -2.19. The lowest BCUT2D eigenvalue weighted by Crippen LogP contribution is -2.46. The van der Waals surface area contributed by atoms with Gasteiger partial charge in [0.2, 0.25) is 15.9 Å². The molecule has 134 valence electrons. The number of hydrogen-bond donors (Lipinski definition) is 1. The van der Waals surface area contributed by atoms with Crippen LogP contribution in [0.4, 0.5) is 0 Å². The molecule has 0 bridgehead atoms. The highest BCUT2D eigenvalue weighted by Gasteiger charge is 2.39. The Morgan fingerprint density at radius 2 is 2.08 bits per heavy atom. The van der Waals surface area contributed by atoms with E-state index in [0.29, 0.717) is 18.5 Å². The van der Waals surface area contributed by atoms with Crippen LogP contribution in [-0.4, -0.2) is 41.2 Å². The van der Waals surface area contributed by atoms with E-state index < -0.39 is 16.1 Å². The van der Waals surface area contributed by atoms with Crippen molar-refractivity contribution in [1.29, 1.82) is 0 Å². The Labute approximate surface area is 147 Å². The molecule has 3 rings (SSSR count). The van der Waals surface area contributed by atoms with Crippen molar-refractivity contribution in [3.8, 4) is 0 Å². The summed E-state index contributed by atoms with van der Waals surface area (Å²) < 4.78 is 27.3. The van der Waals surface area contributed by atoms with Gasteiger partial charge in [0.25, 0.3) is 0 Å². The van der Waals surface area contributed by atoms with Gasteiger partial charge < -0.3 is 5.32 Å². The van der Waals surface area contributed by atoms with Crippen LogP contribution in [0, 0.1) is 6.92 Å². The first kappa shape index (κ1) is 17.6. The number of carbonyl (C=O) groups is 1. The second kappa shape index (κ2) is 6.61. The molecule has 1 atom stereocenters. The van der Waals surface area contributed by atoms with Gasteiger partial charge in [-0.3, -0.25) is 9.48 Å². The fraction of sp³-hybridized carbons (Fsp3) is 0.412. The highest BCUT2D eigenvalue weighted by atomic mass is 32.2. The predicted octanol–water partition coefficient (Wildman–Crippen LogP) is 0.904. The van der Waals surface area contributed by atoms with Gasteiger partial charge in [-0.1, -0.05) is 24.3 Å². The third-order valence-corrected chi connectivity index (χ3v) is 5.88. The molecule has 25 heavy (non-hydrogen) atoms. The summed E-state index contributed by atoms with van der Waals surface area (Å²) in [5.74, 6) is -0.331. The molecule has 2 heterocycles. The van der Waals surface area contributed by atoms with Crippen LogP contribution in [0.3, 0.4) is 0 Å².